The van der Waals surface area contributed by atoms with Crippen molar-refractivity contribution in [2.75, 3.05) is 5.73 Å². The quantitative estimate of drug-likeness (QED) is 0.243. The lowest BCUT2D eigenvalue weighted by atomic mass is 10.2. The number of nitrogens with two attached hydrogens (primary N) is 2. The lowest BCUT2D eigenvalue weighted by Gasteiger charge is -1.96. The zero-order valence-corrected chi connectivity index (χ0v) is 7.73. The molecule has 0 atom stereocenters. The Morgan fingerprint density at radius 3 is 1.83 bits per heavy atom. The first-order chi connectivity index (χ1) is 4.70. The summed E-state index contributed by atoms with van der Waals surface area (Å²) in [6.07, 6.45) is 0. The molecule has 0 unspecified atom stereocenters. The normalized spacial score (nSPS) is 7.67. The van der Waals surface area contributed by atoms with Crippen LogP contribution in [0.15, 0.2) is 24.3 Å². The number of amidine groups is 1. The molecule has 0 saturated carbocycles. The molecular formula is C7H9Cl2N3-2. The molecule has 0 aliphatic heterocycles. The highest BCUT2D eigenvalue weighted by molar-refractivity contribution is 5.95. The number of halogens is 2. The average molecular weight is 206 g/mol. The molecule has 0 amide bonds. The van der Waals surface area contributed by atoms with E-state index in [9.17, 15) is 0 Å². The Labute approximate surface area is 83.5 Å². The van der Waals surface area contributed by atoms with E-state index < -0.39 is 0 Å². The molecule has 0 saturated heterocycles. The van der Waals surface area contributed by atoms with Crippen LogP contribution in [0.5, 0.6) is 0 Å². The summed E-state index contributed by atoms with van der Waals surface area (Å²) in [5.41, 5.74) is 12.0. The third-order valence-corrected chi connectivity index (χ3v) is 1.22. The zero-order valence-electron chi connectivity index (χ0n) is 6.22. The predicted octanol–water partition coefficient (Wildman–Crippen LogP) is -5.44. The van der Waals surface area contributed by atoms with Crippen LogP contribution in [0.4, 0.5) is 5.69 Å². The van der Waals surface area contributed by atoms with Crippen molar-refractivity contribution >= 4 is 11.5 Å². The van der Waals surface area contributed by atoms with E-state index in [1.807, 2.05) is 0 Å². The van der Waals surface area contributed by atoms with Gasteiger partial charge in [0.25, 0.3) is 0 Å². The van der Waals surface area contributed by atoms with Crippen molar-refractivity contribution in [1.29, 1.82) is 5.41 Å². The maximum Gasteiger partial charge on any atom is 0.122 e. The van der Waals surface area contributed by atoms with Crippen molar-refractivity contribution in [2.24, 2.45) is 5.73 Å². The second kappa shape index (κ2) is 5.69. The molecular weight excluding hydrogens is 197 g/mol. The molecule has 0 aromatic heterocycles. The number of hydrogen-bond acceptors (Lipinski definition) is 2. The van der Waals surface area contributed by atoms with E-state index in [4.69, 9.17) is 16.9 Å². The average Bonchev–Trinajstić information content (AvgIpc) is 1.88. The van der Waals surface area contributed by atoms with Crippen LogP contribution in [0.3, 0.4) is 0 Å². The van der Waals surface area contributed by atoms with E-state index in [1.165, 1.54) is 0 Å². The highest BCUT2D eigenvalue weighted by Crippen LogP contribution is 2.03. The van der Waals surface area contributed by atoms with E-state index in [0.717, 1.165) is 0 Å². The van der Waals surface area contributed by atoms with Gasteiger partial charge in [-0.1, -0.05) is 0 Å². The minimum absolute atomic E-state index is 0. The molecule has 0 spiro atoms. The van der Waals surface area contributed by atoms with Crippen molar-refractivity contribution < 1.29 is 24.8 Å². The third kappa shape index (κ3) is 3.46. The highest BCUT2D eigenvalue weighted by Gasteiger charge is 1.92. The smallest absolute Gasteiger partial charge is 0.122 e. The minimum atomic E-state index is 0. The van der Waals surface area contributed by atoms with E-state index >= 15 is 0 Å². The number of nitrogens with one attached hydrogen (secondary N) is 1. The van der Waals surface area contributed by atoms with Crippen LogP contribution in [0.25, 0.3) is 0 Å². The lowest BCUT2D eigenvalue weighted by molar-refractivity contribution is -0.00100. The number of benzene rings is 1. The summed E-state index contributed by atoms with van der Waals surface area (Å²) in [7, 11) is 0. The van der Waals surface area contributed by atoms with Crippen molar-refractivity contribution in [3.8, 4) is 0 Å². The first-order valence-electron chi connectivity index (χ1n) is 2.90. The van der Waals surface area contributed by atoms with E-state index in [0.29, 0.717) is 11.3 Å². The van der Waals surface area contributed by atoms with Crippen molar-refractivity contribution in [2.45, 2.75) is 0 Å². The van der Waals surface area contributed by atoms with Crippen molar-refractivity contribution in [3.63, 3.8) is 0 Å². The summed E-state index contributed by atoms with van der Waals surface area (Å²) in [5, 5.41) is 7.04. The summed E-state index contributed by atoms with van der Waals surface area (Å²) in [4.78, 5) is 0. The Morgan fingerprint density at radius 1 is 1.08 bits per heavy atom. The maximum atomic E-state index is 7.04. The minimum Gasteiger partial charge on any atom is -1.00 e. The molecule has 0 heterocycles. The van der Waals surface area contributed by atoms with Gasteiger partial charge in [0.1, 0.15) is 5.84 Å². The summed E-state index contributed by atoms with van der Waals surface area (Å²) < 4.78 is 0. The number of anilines is 1. The molecule has 0 fully saturated rings. The summed E-state index contributed by atoms with van der Waals surface area (Å²) in [6.45, 7) is 0. The van der Waals surface area contributed by atoms with Gasteiger partial charge < -0.3 is 36.3 Å². The van der Waals surface area contributed by atoms with Gasteiger partial charge in [-0.15, -0.1) is 0 Å². The van der Waals surface area contributed by atoms with Crippen LogP contribution < -0.4 is 36.3 Å². The largest absolute Gasteiger partial charge is 1.00 e. The van der Waals surface area contributed by atoms with Crippen LogP contribution in [0, 0.1) is 5.41 Å². The fraction of sp³-hybridized carbons (Fsp3) is 0. The van der Waals surface area contributed by atoms with Gasteiger partial charge in [0.05, 0.1) is 0 Å². The van der Waals surface area contributed by atoms with Crippen LogP contribution in [0.2, 0.25) is 0 Å². The van der Waals surface area contributed by atoms with Gasteiger partial charge in [0.15, 0.2) is 0 Å². The molecule has 1 aromatic carbocycles. The topological polar surface area (TPSA) is 75.9 Å². The predicted molar refractivity (Wildman–Crippen MR) is 41.9 cm³/mol. The number of hydrogen-bond donors (Lipinski definition) is 3. The molecule has 1 aromatic rings. The summed E-state index contributed by atoms with van der Waals surface area (Å²) >= 11 is 0. The first kappa shape index (κ1) is 13.6. The Kier molecular flexibility index (Phi) is 6.47. The molecule has 5 heteroatoms. The van der Waals surface area contributed by atoms with Gasteiger partial charge in [-0.3, -0.25) is 5.41 Å². The first-order valence-corrected chi connectivity index (χ1v) is 2.90. The second-order valence-corrected chi connectivity index (χ2v) is 2.04. The van der Waals surface area contributed by atoms with Crippen LogP contribution in [-0.4, -0.2) is 5.84 Å². The molecule has 0 aliphatic rings. The zero-order chi connectivity index (χ0) is 7.56. The Bertz CT molecular complexity index is 245. The van der Waals surface area contributed by atoms with Crippen molar-refractivity contribution in [3.05, 3.63) is 29.8 Å². The molecule has 0 aliphatic carbocycles. The fourth-order valence-corrected chi connectivity index (χ4v) is 0.663. The Hall–Kier alpha value is -0.930. The number of rotatable bonds is 1. The van der Waals surface area contributed by atoms with E-state index in [-0.39, 0.29) is 30.6 Å². The lowest BCUT2D eigenvalue weighted by Crippen LogP contribution is -3.00. The molecule has 68 valence electrons. The fourth-order valence-electron chi connectivity index (χ4n) is 0.663. The molecule has 0 bridgehead atoms. The van der Waals surface area contributed by atoms with Gasteiger partial charge in [-0.2, -0.15) is 0 Å². The highest BCUT2D eigenvalue weighted by atomic mass is 35.5. The molecule has 12 heavy (non-hydrogen) atoms. The molecule has 1 rings (SSSR count). The summed E-state index contributed by atoms with van der Waals surface area (Å²) in [5.74, 6) is 0.0694. The van der Waals surface area contributed by atoms with Gasteiger partial charge >= 0.3 is 0 Å². The van der Waals surface area contributed by atoms with Gasteiger partial charge in [-0.25, -0.2) is 0 Å². The van der Waals surface area contributed by atoms with Gasteiger partial charge in [0, 0.05) is 11.3 Å². The molecule has 5 N–H and O–H groups in total. The van der Waals surface area contributed by atoms with E-state index in [1.54, 1.807) is 24.3 Å². The Balaban J connectivity index is 0. The Morgan fingerprint density at radius 2 is 1.50 bits per heavy atom. The van der Waals surface area contributed by atoms with Crippen molar-refractivity contribution in [1.82, 2.24) is 0 Å². The van der Waals surface area contributed by atoms with Crippen LogP contribution >= 0.6 is 0 Å². The third-order valence-electron chi connectivity index (χ3n) is 1.22. The monoisotopic (exact) mass is 205 g/mol. The maximum absolute atomic E-state index is 7.04. The van der Waals surface area contributed by atoms with Crippen LogP contribution in [0.1, 0.15) is 5.56 Å². The standard InChI is InChI=1S/C7H9N3.2ClH/c8-6-3-1-5(2-4-6)7(9)10;;/h1-4H,8H2,(H3,9,10);2*1H/p-2. The second-order valence-electron chi connectivity index (χ2n) is 2.04. The van der Waals surface area contributed by atoms with Crippen LogP contribution in [-0.2, 0) is 0 Å². The van der Waals surface area contributed by atoms with Gasteiger partial charge in [0.2, 0.25) is 0 Å². The van der Waals surface area contributed by atoms with E-state index in [2.05, 4.69) is 0 Å². The van der Waals surface area contributed by atoms with Gasteiger partial charge in [-0.05, 0) is 24.3 Å². The molecule has 3 nitrogen and oxygen atoms in total. The number of nitrogen functional groups attached to an aromatic ring is 2. The molecule has 0 radical (unpaired) electrons. The summed E-state index contributed by atoms with van der Waals surface area (Å²) in [6, 6.07) is 6.88. The SMILES string of the molecule is N=C(N)c1ccc(N)cc1.[Cl-].[Cl-].